The number of carbonyl (C=O) groups excluding carboxylic acids is 1. The number of pyridine rings is 1. The maximum Gasteiger partial charge on any atom is 0.257 e. The lowest BCUT2D eigenvalue weighted by Gasteiger charge is -2.38. The zero-order valence-electron chi connectivity index (χ0n) is 18.1. The summed E-state index contributed by atoms with van der Waals surface area (Å²) >= 11 is 3.54. The monoisotopic (exact) mass is 493 g/mol. The molecule has 1 amide bonds. The molecule has 2 atom stereocenters. The lowest BCUT2D eigenvalue weighted by molar-refractivity contribution is 0.102. The van der Waals surface area contributed by atoms with Gasteiger partial charge in [0.1, 0.15) is 11.0 Å². The molecule has 32 heavy (non-hydrogen) atoms. The first-order valence-corrected chi connectivity index (χ1v) is 11.4. The van der Waals surface area contributed by atoms with Gasteiger partial charge in [0.2, 0.25) is 0 Å². The third kappa shape index (κ3) is 3.82. The number of nitrogens with zero attached hydrogens (tertiary/aromatic N) is 5. The molecule has 9 heteroatoms. The van der Waals surface area contributed by atoms with Crippen LogP contribution in [0.1, 0.15) is 29.9 Å². The molecule has 0 bridgehead atoms. The Bertz CT molecular complexity index is 1320. The number of hydrogen-bond donors (Lipinski definition) is 2. The summed E-state index contributed by atoms with van der Waals surface area (Å²) in [6, 6.07) is 6.41. The number of fused-ring (bicyclic) bond motifs is 2. The highest BCUT2D eigenvalue weighted by atomic mass is 79.9. The van der Waals surface area contributed by atoms with Crippen molar-refractivity contribution < 1.29 is 4.79 Å². The lowest BCUT2D eigenvalue weighted by atomic mass is 10.1. The predicted octanol–water partition coefficient (Wildman–Crippen LogP) is 3.79. The lowest BCUT2D eigenvalue weighted by Crippen LogP contribution is -2.54. The van der Waals surface area contributed by atoms with Gasteiger partial charge in [0, 0.05) is 50.0 Å². The SMILES string of the molecule is Cc1cn2cc(NC(=O)c3ccc(N4CC(C)NC(C)C4)c4nccnc34)cc(Br)c2n1. The van der Waals surface area contributed by atoms with Crippen molar-refractivity contribution in [3.05, 3.63) is 58.7 Å². The van der Waals surface area contributed by atoms with E-state index in [-0.39, 0.29) is 5.91 Å². The second-order valence-corrected chi connectivity index (χ2v) is 9.26. The molecular formula is C23H24BrN7O. The van der Waals surface area contributed by atoms with Crippen LogP contribution >= 0.6 is 15.9 Å². The summed E-state index contributed by atoms with van der Waals surface area (Å²) in [5, 5.41) is 6.55. The first kappa shape index (κ1) is 20.8. The van der Waals surface area contributed by atoms with Gasteiger partial charge in [0.25, 0.3) is 5.91 Å². The molecule has 1 fully saturated rings. The first-order valence-electron chi connectivity index (χ1n) is 10.6. The van der Waals surface area contributed by atoms with E-state index < -0.39 is 0 Å². The second kappa shape index (κ2) is 8.14. The van der Waals surface area contributed by atoms with Gasteiger partial charge >= 0.3 is 0 Å². The van der Waals surface area contributed by atoms with Gasteiger partial charge in [-0.2, -0.15) is 0 Å². The molecule has 0 aliphatic carbocycles. The standard InChI is InChI=1S/C23H24BrN7O/c1-13-9-30(10-14(2)27-13)19-5-4-17(20-21(19)26-7-6-25-20)23(32)29-16-8-18(24)22-28-15(3)11-31(22)12-16/h4-8,11-14,27H,9-10H2,1-3H3,(H,29,32). The van der Waals surface area contributed by atoms with Crippen molar-refractivity contribution in [3.63, 3.8) is 0 Å². The molecule has 4 heterocycles. The van der Waals surface area contributed by atoms with Gasteiger partial charge in [-0.3, -0.25) is 14.8 Å². The van der Waals surface area contributed by atoms with Crippen molar-refractivity contribution in [1.29, 1.82) is 0 Å². The predicted molar refractivity (Wildman–Crippen MR) is 129 cm³/mol. The van der Waals surface area contributed by atoms with Crippen LogP contribution in [0.15, 0.2) is 47.5 Å². The minimum atomic E-state index is -0.229. The van der Waals surface area contributed by atoms with E-state index in [9.17, 15) is 4.79 Å². The van der Waals surface area contributed by atoms with E-state index >= 15 is 0 Å². The first-order chi connectivity index (χ1) is 15.4. The number of imidazole rings is 1. The zero-order chi connectivity index (χ0) is 22.4. The maximum absolute atomic E-state index is 13.2. The summed E-state index contributed by atoms with van der Waals surface area (Å²) in [5.74, 6) is -0.229. The van der Waals surface area contributed by atoms with Gasteiger partial charge < -0.3 is 19.9 Å². The van der Waals surface area contributed by atoms with Gasteiger partial charge in [0.05, 0.1) is 27.1 Å². The van der Waals surface area contributed by atoms with Crippen LogP contribution < -0.4 is 15.5 Å². The average Bonchev–Trinajstić information content (AvgIpc) is 3.13. The number of nitrogens with one attached hydrogen (secondary N) is 2. The van der Waals surface area contributed by atoms with Gasteiger partial charge in [-0.05, 0) is 54.9 Å². The fourth-order valence-corrected chi connectivity index (χ4v) is 4.99. The van der Waals surface area contributed by atoms with Crippen molar-refractivity contribution in [2.45, 2.75) is 32.9 Å². The molecule has 3 aromatic heterocycles. The summed E-state index contributed by atoms with van der Waals surface area (Å²) in [6.45, 7) is 8.04. The number of hydrogen-bond acceptors (Lipinski definition) is 6. The largest absolute Gasteiger partial charge is 0.367 e. The normalized spacial score (nSPS) is 18.9. The number of carbonyl (C=O) groups is 1. The zero-order valence-corrected chi connectivity index (χ0v) is 19.7. The highest BCUT2D eigenvalue weighted by Crippen LogP contribution is 2.29. The van der Waals surface area contributed by atoms with Crippen molar-refractivity contribution in [2.75, 3.05) is 23.3 Å². The number of piperazine rings is 1. The molecule has 0 saturated carbocycles. The molecule has 164 valence electrons. The van der Waals surface area contributed by atoms with Crippen LogP contribution in [0.4, 0.5) is 11.4 Å². The van der Waals surface area contributed by atoms with Gasteiger partial charge in [-0.1, -0.05) is 0 Å². The molecule has 4 aromatic rings. The smallest absolute Gasteiger partial charge is 0.257 e. The van der Waals surface area contributed by atoms with Crippen LogP contribution in [-0.2, 0) is 0 Å². The Balaban J connectivity index is 1.50. The van der Waals surface area contributed by atoms with Crippen LogP contribution in [0.2, 0.25) is 0 Å². The second-order valence-electron chi connectivity index (χ2n) is 8.40. The highest BCUT2D eigenvalue weighted by Gasteiger charge is 2.24. The number of anilines is 2. The summed E-state index contributed by atoms with van der Waals surface area (Å²) in [7, 11) is 0. The van der Waals surface area contributed by atoms with Crippen LogP contribution in [0, 0.1) is 6.92 Å². The minimum Gasteiger partial charge on any atom is -0.367 e. The Labute approximate surface area is 194 Å². The number of benzene rings is 1. The number of amides is 1. The van der Waals surface area contributed by atoms with E-state index in [4.69, 9.17) is 0 Å². The number of halogens is 1. The van der Waals surface area contributed by atoms with Crippen molar-refractivity contribution in [3.8, 4) is 0 Å². The molecule has 0 radical (unpaired) electrons. The molecule has 5 rings (SSSR count). The fraction of sp³-hybridized carbons (Fsp3) is 0.304. The van der Waals surface area contributed by atoms with Gasteiger partial charge in [-0.15, -0.1) is 0 Å². The summed E-state index contributed by atoms with van der Waals surface area (Å²) in [5.41, 5.74) is 5.21. The van der Waals surface area contributed by atoms with E-state index in [0.717, 1.165) is 40.1 Å². The molecule has 1 aliphatic rings. The third-order valence-corrected chi connectivity index (χ3v) is 6.21. The van der Waals surface area contributed by atoms with Crippen LogP contribution in [0.25, 0.3) is 16.7 Å². The minimum absolute atomic E-state index is 0.229. The average molecular weight is 494 g/mol. The summed E-state index contributed by atoms with van der Waals surface area (Å²) < 4.78 is 2.70. The number of rotatable bonds is 3. The molecular weight excluding hydrogens is 470 g/mol. The van der Waals surface area contributed by atoms with E-state index in [1.165, 1.54) is 0 Å². The Morgan fingerprint density at radius 1 is 1.12 bits per heavy atom. The van der Waals surface area contributed by atoms with Crippen LogP contribution in [0.5, 0.6) is 0 Å². The molecule has 2 unspecified atom stereocenters. The summed E-state index contributed by atoms with van der Waals surface area (Å²) in [6.07, 6.45) is 7.07. The molecule has 0 spiro atoms. The van der Waals surface area contributed by atoms with Gasteiger partial charge in [0.15, 0.2) is 5.65 Å². The van der Waals surface area contributed by atoms with E-state index in [1.807, 2.05) is 41.9 Å². The topological polar surface area (TPSA) is 87.5 Å². The van der Waals surface area contributed by atoms with Gasteiger partial charge in [-0.25, -0.2) is 4.98 Å². The Morgan fingerprint density at radius 3 is 2.59 bits per heavy atom. The maximum atomic E-state index is 13.2. The van der Waals surface area contributed by atoms with Crippen molar-refractivity contribution >= 4 is 49.9 Å². The molecule has 2 N–H and O–H groups in total. The Kier molecular flexibility index (Phi) is 5.30. The molecule has 8 nitrogen and oxygen atoms in total. The Morgan fingerprint density at radius 2 is 1.84 bits per heavy atom. The quantitative estimate of drug-likeness (QED) is 0.451. The highest BCUT2D eigenvalue weighted by molar-refractivity contribution is 9.10. The van der Waals surface area contributed by atoms with E-state index in [2.05, 4.69) is 60.3 Å². The van der Waals surface area contributed by atoms with Crippen molar-refractivity contribution in [1.82, 2.24) is 24.7 Å². The third-order valence-electron chi connectivity index (χ3n) is 5.63. The Hall–Kier alpha value is -3.04. The van der Waals surface area contributed by atoms with E-state index in [1.54, 1.807) is 12.4 Å². The molecule has 1 aromatic carbocycles. The summed E-state index contributed by atoms with van der Waals surface area (Å²) in [4.78, 5) is 29.1. The fourth-order valence-electron chi connectivity index (χ4n) is 4.45. The van der Waals surface area contributed by atoms with Crippen molar-refractivity contribution in [2.24, 2.45) is 0 Å². The molecule has 1 aliphatic heterocycles. The number of aromatic nitrogens is 4. The molecule has 1 saturated heterocycles. The van der Waals surface area contributed by atoms with E-state index in [0.29, 0.717) is 28.9 Å². The number of aryl methyl sites for hydroxylation is 1. The van der Waals surface area contributed by atoms with Crippen LogP contribution in [0.3, 0.4) is 0 Å². The van der Waals surface area contributed by atoms with Crippen LogP contribution in [-0.4, -0.2) is 50.4 Å².